The van der Waals surface area contributed by atoms with Crippen LogP contribution in [0.1, 0.15) is 25.5 Å². The van der Waals surface area contributed by atoms with E-state index in [0.717, 1.165) is 31.8 Å². The minimum Gasteiger partial charge on any atom is -0.368 e. The van der Waals surface area contributed by atoms with Crippen LogP contribution in [-0.4, -0.2) is 37.0 Å². The van der Waals surface area contributed by atoms with Gasteiger partial charge in [-0.25, -0.2) is 8.78 Å². The van der Waals surface area contributed by atoms with E-state index in [1.165, 1.54) is 6.07 Å². The predicted octanol–water partition coefficient (Wildman–Crippen LogP) is 1.42. The fourth-order valence-corrected chi connectivity index (χ4v) is 1.98. The fourth-order valence-electron chi connectivity index (χ4n) is 1.98. The lowest BCUT2D eigenvalue weighted by Gasteiger charge is -2.21. The van der Waals surface area contributed by atoms with Crippen LogP contribution < -0.4 is 11.1 Å². The second kappa shape index (κ2) is 7.91. The number of hydrogen-bond acceptors (Lipinski definition) is 3. The van der Waals surface area contributed by atoms with Gasteiger partial charge in [0.05, 0.1) is 0 Å². The molecule has 1 aromatic rings. The Bertz CT molecular complexity index is 450. The molecule has 0 radical (unpaired) electrons. The minimum absolute atomic E-state index is 0.330. The van der Waals surface area contributed by atoms with Crippen LogP contribution in [0.5, 0.6) is 0 Å². The lowest BCUT2D eigenvalue weighted by molar-refractivity contribution is -0.120. The molecule has 112 valence electrons. The molecule has 1 aromatic carbocycles. The van der Waals surface area contributed by atoms with Crippen molar-refractivity contribution in [2.24, 2.45) is 5.73 Å². The molecule has 0 aliphatic rings. The molecule has 1 atom stereocenters. The van der Waals surface area contributed by atoms with Gasteiger partial charge in [-0.1, -0.05) is 19.9 Å². The van der Waals surface area contributed by atoms with E-state index in [-0.39, 0.29) is 0 Å². The SMILES string of the molecule is CCN(CC)CCNC(C(N)=O)c1ccc(F)c(F)c1. The van der Waals surface area contributed by atoms with E-state index in [1.54, 1.807) is 0 Å². The number of amides is 1. The van der Waals surface area contributed by atoms with Gasteiger partial charge in [-0.05, 0) is 30.8 Å². The zero-order chi connectivity index (χ0) is 15.1. The first kappa shape index (κ1) is 16.5. The van der Waals surface area contributed by atoms with Crippen molar-refractivity contribution >= 4 is 5.91 Å². The highest BCUT2D eigenvalue weighted by Gasteiger charge is 2.18. The third kappa shape index (κ3) is 4.54. The van der Waals surface area contributed by atoms with E-state index in [0.29, 0.717) is 12.1 Å². The van der Waals surface area contributed by atoms with Crippen LogP contribution >= 0.6 is 0 Å². The van der Waals surface area contributed by atoms with Gasteiger partial charge in [0.2, 0.25) is 5.91 Å². The molecule has 0 aliphatic carbocycles. The molecule has 1 unspecified atom stereocenters. The first-order valence-electron chi connectivity index (χ1n) is 6.69. The van der Waals surface area contributed by atoms with Crippen LogP contribution in [0.25, 0.3) is 0 Å². The average Bonchev–Trinajstić information content (AvgIpc) is 2.42. The monoisotopic (exact) mass is 285 g/mol. The summed E-state index contributed by atoms with van der Waals surface area (Å²) in [6, 6.07) is 2.53. The van der Waals surface area contributed by atoms with Crippen LogP contribution in [0.2, 0.25) is 0 Å². The number of primary amides is 1. The zero-order valence-electron chi connectivity index (χ0n) is 11.8. The van der Waals surface area contributed by atoms with E-state index < -0.39 is 23.6 Å². The number of rotatable bonds is 8. The molecule has 1 rings (SSSR count). The van der Waals surface area contributed by atoms with Gasteiger partial charge in [0.15, 0.2) is 11.6 Å². The zero-order valence-corrected chi connectivity index (χ0v) is 11.8. The number of carbonyl (C=O) groups excluding carboxylic acids is 1. The van der Waals surface area contributed by atoms with Crippen LogP contribution in [0.3, 0.4) is 0 Å². The molecule has 0 bridgehead atoms. The van der Waals surface area contributed by atoms with Crippen LogP contribution in [0, 0.1) is 11.6 Å². The van der Waals surface area contributed by atoms with E-state index in [9.17, 15) is 13.6 Å². The first-order valence-corrected chi connectivity index (χ1v) is 6.69. The van der Waals surface area contributed by atoms with E-state index in [2.05, 4.69) is 10.2 Å². The molecular formula is C14H21F2N3O. The van der Waals surface area contributed by atoms with Crippen molar-refractivity contribution in [3.05, 3.63) is 35.4 Å². The molecule has 20 heavy (non-hydrogen) atoms. The number of benzene rings is 1. The minimum atomic E-state index is -0.987. The van der Waals surface area contributed by atoms with Crippen LogP contribution in [0.15, 0.2) is 18.2 Å². The summed E-state index contributed by atoms with van der Waals surface area (Å²) >= 11 is 0. The van der Waals surface area contributed by atoms with Crippen molar-refractivity contribution in [1.29, 1.82) is 0 Å². The average molecular weight is 285 g/mol. The highest BCUT2D eigenvalue weighted by atomic mass is 19.2. The van der Waals surface area contributed by atoms with Gasteiger partial charge >= 0.3 is 0 Å². The number of carbonyl (C=O) groups is 1. The molecule has 0 aromatic heterocycles. The lowest BCUT2D eigenvalue weighted by atomic mass is 10.1. The predicted molar refractivity (Wildman–Crippen MR) is 74.1 cm³/mol. The second-order valence-corrected chi connectivity index (χ2v) is 4.49. The van der Waals surface area contributed by atoms with Gasteiger partial charge in [-0.2, -0.15) is 0 Å². The van der Waals surface area contributed by atoms with Gasteiger partial charge in [-0.3, -0.25) is 4.79 Å². The highest BCUT2D eigenvalue weighted by molar-refractivity contribution is 5.81. The molecule has 0 aliphatic heterocycles. The third-order valence-electron chi connectivity index (χ3n) is 3.23. The van der Waals surface area contributed by atoms with Gasteiger partial charge in [0.1, 0.15) is 6.04 Å². The summed E-state index contributed by atoms with van der Waals surface area (Å²) in [5.74, 6) is -2.55. The third-order valence-corrected chi connectivity index (χ3v) is 3.23. The number of nitrogens with two attached hydrogens (primary N) is 1. The maximum atomic E-state index is 13.2. The van der Waals surface area contributed by atoms with Crippen LogP contribution in [0.4, 0.5) is 8.78 Å². The first-order chi connectivity index (χ1) is 9.49. The van der Waals surface area contributed by atoms with E-state index in [1.807, 2.05) is 13.8 Å². The van der Waals surface area contributed by atoms with Crippen molar-refractivity contribution in [1.82, 2.24) is 10.2 Å². The summed E-state index contributed by atoms with van der Waals surface area (Å²) in [6.45, 7) is 7.19. The normalized spacial score (nSPS) is 12.7. The Balaban J connectivity index is 2.69. The molecule has 6 heteroatoms. The van der Waals surface area contributed by atoms with E-state index >= 15 is 0 Å². The Labute approximate surface area is 117 Å². The summed E-state index contributed by atoms with van der Waals surface area (Å²) in [7, 11) is 0. The summed E-state index contributed by atoms with van der Waals surface area (Å²) in [5.41, 5.74) is 5.64. The maximum absolute atomic E-state index is 13.2. The van der Waals surface area contributed by atoms with Crippen molar-refractivity contribution in [3.8, 4) is 0 Å². The molecule has 0 saturated carbocycles. The number of likely N-dealkylation sites (N-methyl/N-ethyl adjacent to an activating group) is 1. The lowest BCUT2D eigenvalue weighted by Crippen LogP contribution is -2.38. The Morgan fingerprint density at radius 1 is 1.30 bits per heavy atom. The van der Waals surface area contributed by atoms with Gasteiger partial charge in [-0.15, -0.1) is 0 Å². The number of halogens is 2. The molecule has 0 spiro atoms. The summed E-state index contributed by atoms with van der Waals surface area (Å²) in [6.07, 6.45) is 0. The van der Waals surface area contributed by atoms with Crippen molar-refractivity contribution in [3.63, 3.8) is 0 Å². The number of nitrogens with zero attached hydrogens (tertiary/aromatic N) is 1. The van der Waals surface area contributed by atoms with Crippen molar-refractivity contribution in [2.75, 3.05) is 26.2 Å². The molecule has 0 fully saturated rings. The summed E-state index contributed by atoms with van der Waals surface area (Å²) < 4.78 is 26.1. The maximum Gasteiger partial charge on any atom is 0.239 e. The Hall–Kier alpha value is -1.53. The van der Waals surface area contributed by atoms with Gasteiger partial charge in [0, 0.05) is 13.1 Å². The van der Waals surface area contributed by atoms with Gasteiger partial charge in [0.25, 0.3) is 0 Å². The molecule has 3 N–H and O–H groups in total. The van der Waals surface area contributed by atoms with E-state index in [4.69, 9.17) is 5.73 Å². The Morgan fingerprint density at radius 2 is 1.95 bits per heavy atom. The standard InChI is InChI=1S/C14H21F2N3O/c1-3-19(4-2)8-7-18-13(14(17)20)10-5-6-11(15)12(16)9-10/h5-6,9,13,18H,3-4,7-8H2,1-2H3,(H2,17,20). The van der Waals surface area contributed by atoms with Crippen molar-refractivity contribution in [2.45, 2.75) is 19.9 Å². The summed E-state index contributed by atoms with van der Waals surface area (Å²) in [4.78, 5) is 13.6. The molecule has 4 nitrogen and oxygen atoms in total. The Morgan fingerprint density at radius 3 is 2.45 bits per heavy atom. The number of nitrogens with one attached hydrogen (secondary N) is 1. The molecule has 0 saturated heterocycles. The van der Waals surface area contributed by atoms with Gasteiger partial charge < -0.3 is 16.0 Å². The number of hydrogen-bond donors (Lipinski definition) is 2. The highest BCUT2D eigenvalue weighted by Crippen LogP contribution is 2.16. The smallest absolute Gasteiger partial charge is 0.239 e. The molecular weight excluding hydrogens is 264 g/mol. The second-order valence-electron chi connectivity index (χ2n) is 4.49. The van der Waals surface area contributed by atoms with Crippen molar-refractivity contribution < 1.29 is 13.6 Å². The molecule has 1 amide bonds. The van der Waals surface area contributed by atoms with Crippen LogP contribution in [-0.2, 0) is 4.79 Å². The summed E-state index contributed by atoms with van der Waals surface area (Å²) in [5, 5.41) is 2.98. The quantitative estimate of drug-likeness (QED) is 0.759. The fraction of sp³-hybridized carbons (Fsp3) is 0.500. The topological polar surface area (TPSA) is 58.4 Å². The largest absolute Gasteiger partial charge is 0.368 e. The molecule has 0 heterocycles. The Kier molecular flexibility index (Phi) is 6.54.